The van der Waals surface area contributed by atoms with Crippen LogP contribution in [0.4, 0.5) is 0 Å². The maximum Gasteiger partial charge on any atom is 0.0262 e. The summed E-state index contributed by atoms with van der Waals surface area (Å²) in [5, 5.41) is 0. The average Bonchev–Trinajstić information content (AvgIpc) is 2.19. The molecular formula is C13H17N. The summed E-state index contributed by atoms with van der Waals surface area (Å²) in [7, 11) is 0. The lowest BCUT2D eigenvalue weighted by atomic mass is 9.91. The van der Waals surface area contributed by atoms with Crippen LogP contribution < -0.4 is 5.73 Å². The summed E-state index contributed by atoms with van der Waals surface area (Å²) < 4.78 is 0. The van der Waals surface area contributed by atoms with Gasteiger partial charge in [0.1, 0.15) is 0 Å². The number of nitrogens with two attached hydrogens (primary N) is 1. The van der Waals surface area contributed by atoms with E-state index in [-0.39, 0.29) is 6.04 Å². The van der Waals surface area contributed by atoms with Gasteiger partial charge in [0.25, 0.3) is 0 Å². The summed E-state index contributed by atoms with van der Waals surface area (Å²) in [6.07, 6.45) is 14.4. The van der Waals surface area contributed by atoms with E-state index in [1.807, 2.05) is 0 Å². The Morgan fingerprint density at radius 1 is 1.29 bits per heavy atom. The molecule has 0 spiro atoms. The smallest absolute Gasteiger partial charge is 0.0262 e. The molecular weight excluding hydrogens is 170 g/mol. The molecule has 0 amide bonds. The van der Waals surface area contributed by atoms with E-state index < -0.39 is 0 Å². The Labute approximate surface area is 85.7 Å². The number of rotatable bonds is 1. The van der Waals surface area contributed by atoms with Crippen molar-refractivity contribution in [2.75, 3.05) is 0 Å². The molecule has 0 fully saturated rings. The van der Waals surface area contributed by atoms with Crippen molar-refractivity contribution in [1.82, 2.24) is 0 Å². The third-order valence-electron chi connectivity index (χ3n) is 2.77. The Balaban J connectivity index is 2.17. The standard InChI is InChI=1S/C13H17N/c1-10-3-2-4-12(9-10)11-5-7-13(14)8-6-11/h4-7,9,13H,2-3,8,14H2,1H3. The van der Waals surface area contributed by atoms with Crippen LogP contribution in [0.1, 0.15) is 26.2 Å². The SMILES string of the molecule is CC1=CC(C2=CCC(N)C=C2)=CCC1. The van der Waals surface area contributed by atoms with Gasteiger partial charge in [-0.25, -0.2) is 0 Å². The van der Waals surface area contributed by atoms with E-state index in [4.69, 9.17) is 5.73 Å². The van der Waals surface area contributed by atoms with E-state index in [0.717, 1.165) is 6.42 Å². The predicted octanol–water partition coefficient (Wildman–Crippen LogP) is 2.87. The van der Waals surface area contributed by atoms with Crippen molar-refractivity contribution in [3.63, 3.8) is 0 Å². The summed E-state index contributed by atoms with van der Waals surface area (Å²) >= 11 is 0. The second-order valence-corrected chi connectivity index (χ2v) is 4.11. The van der Waals surface area contributed by atoms with E-state index in [9.17, 15) is 0 Å². The highest BCUT2D eigenvalue weighted by Crippen LogP contribution is 2.25. The summed E-state index contributed by atoms with van der Waals surface area (Å²) in [5.74, 6) is 0. The van der Waals surface area contributed by atoms with Crippen LogP contribution >= 0.6 is 0 Å². The molecule has 0 aromatic rings. The molecule has 0 radical (unpaired) electrons. The molecule has 0 aromatic heterocycles. The molecule has 0 aromatic carbocycles. The highest BCUT2D eigenvalue weighted by Gasteiger charge is 2.08. The van der Waals surface area contributed by atoms with Gasteiger partial charge in [-0.05, 0) is 37.3 Å². The van der Waals surface area contributed by atoms with E-state index in [0.29, 0.717) is 0 Å². The van der Waals surface area contributed by atoms with Crippen LogP contribution in [0.2, 0.25) is 0 Å². The van der Waals surface area contributed by atoms with Crippen LogP contribution in [-0.2, 0) is 0 Å². The minimum absolute atomic E-state index is 0.216. The van der Waals surface area contributed by atoms with Gasteiger partial charge < -0.3 is 5.73 Å². The number of hydrogen-bond acceptors (Lipinski definition) is 1. The molecule has 0 saturated heterocycles. The zero-order valence-electron chi connectivity index (χ0n) is 8.66. The molecule has 2 rings (SSSR count). The van der Waals surface area contributed by atoms with Crippen LogP contribution in [0.3, 0.4) is 0 Å². The molecule has 0 saturated carbocycles. The first-order valence-electron chi connectivity index (χ1n) is 5.27. The minimum Gasteiger partial charge on any atom is -0.324 e. The van der Waals surface area contributed by atoms with E-state index in [1.54, 1.807) is 0 Å². The van der Waals surface area contributed by atoms with Gasteiger partial charge in [0.2, 0.25) is 0 Å². The Hall–Kier alpha value is -1.08. The molecule has 1 atom stereocenters. The largest absolute Gasteiger partial charge is 0.324 e. The van der Waals surface area contributed by atoms with Crippen LogP contribution in [-0.4, -0.2) is 6.04 Å². The lowest BCUT2D eigenvalue weighted by molar-refractivity contribution is 0.819. The third kappa shape index (κ3) is 2.05. The van der Waals surface area contributed by atoms with Crippen LogP contribution in [0, 0.1) is 0 Å². The molecule has 1 nitrogen and oxygen atoms in total. The van der Waals surface area contributed by atoms with Crippen molar-refractivity contribution in [3.05, 3.63) is 47.1 Å². The summed E-state index contributed by atoms with van der Waals surface area (Å²) in [5.41, 5.74) is 9.98. The van der Waals surface area contributed by atoms with Gasteiger partial charge in [0, 0.05) is 6.04 Å². The van der Waals surface area contributed by atoms with E-state index in [1.165, 1.54) is 29.6 Å². The van der Waals surface area contributed by atoms with E-state index in [2.05, 4.69) is 37.3 Å². The second-order valence-electron chi connectivity index (χ2n) is 4.11. The van der Waals surface area contributed by atoms with Crippen molar-refractivity contribution < 1.29 is 0 Å². The summed E-state index contributed by atoms with van der Waals surface area (Å²) in [4.78, 5) is 0. The van der Waals surface area contributed by atoms with Gasteiger partial charge in [0.05, 0.1) is 0 Å². The molecule has 0 bridgehead atoms. The topological polar surface area (TPSA) is 26.0 Å². The maximum atomic E-state index is 5.79. The fraction of sp³-hybridized carbons (Fsp3) is 0.385. The van der Waals surface area contributed by atoms with Crippen molar-refractivity contribution in [2.45, 2.75) is 32.2 Å². The molecule has 1 unspecified atom stereocenters. The zero-order chi connectivity index (χ0) is 9.97. The van der Waals surface area contributed by atoms with Gasteiger partial charge in [-0.3, -0.25) is 0 Å². The zero-order valence-corrected chi connectivity index (χ0v) is 8.66. The quantitative estimate of drug-likeness (QED) is 0.671. The Morgan fingerprint density at radius 2 is 2.14 bits per heavy atom. The highest BCUT2D eigenvalue weighted by molar-refractivity contribution is 5.50. The Kier molecular flexibility index (Phi) is 2.69. The normalized spacial score (nSPS) is 26.7. The van der Waals surface area contributed by atoms with Crippen molar-refractivity contribution >= 4 is 0 Å². The average molecular weight is 187 g/mol. The lowest BCUT2D eigenvalue weighted by Gasteiger charge is -2.16. The lowest BCUT2D eigenvalue weighted by Crippen LogP contribution is -2.17. The van der Waals surface area contributed by atoms with Gasteiger partial charge in [0.15, 0.2) is 0 Å². The molecule has 0 heterocycles. The van der Waals surface area contributed by atoms with Crippen molar-refractivity contribution in [3.8, 4) is 0 Å². The van der Waals surface area contributed by atoms with Gasteiger partial charge in [-0.1, -0.05) is 36.0 Å². The Bertz CT molecular complexity index is 342. The first-order chi connectivity index (χ1) is 6.75. The summed E-state index contributed by atoms with van der Waals surface area (Å²) in [6.45, 7) is 2.20. The van der Waals surface area contributed by atoms with E-state index >= 15 is 0 Å². The number of hydrogen-bond donors (Lipinski definition) is 1. The van der Waals surface area contributed by atoms with Crippen LogP contribution in [0.25, 0.3) is 0 Å². The molecule has 74 valence electrons. The highest BCUT2D eigenvalue weighted by atomic mass is 14.6. The molecule has 2 aliphatic rings. The summed E-state index contributed by atoms with van der Waals surface area (Å²) in [6, 6.07) is 0.216. The monoisotopic (exact) mass is 187 g/mol. The first kappa shape index (κ1) is 9.47. The molecule has 2 N–H and O–H groups in total. The third-order valence-corrected chi connectivity index (χ3v) is 2.77. The number of allylic oxidation sites excluding steroid dienone is 6. The molecule has 0 aliphatic heterocycles. The molecule has 14 heavy (non-hydrogen) atoms. The van der Waals surface area contributed by atoms with Gasteiger partial charge in [-0.2, -0.15) is 0 Å². The second kappa shape index (κ2) is 3.97. The first-order valence-corrected chi connectivity index (χ1v) is 5.27. The molecule has 1 heteroatoms. The van der Waals surface area contributed by atoms with Crippen molar-refractivity contribution in [2.24, 2.45) is 5.73 Å². The van der Waals surface area contributed by atoms with Crippen LogP contribution in [0.5, 0.6) is 0 Å². The minimum atomic E-state index is 0.216. The fourth-order valence-electron chi connectivity index (χ4n) is 1.90. The maximum absolute atomic E-state index is 5.79. The molecule has 2 aliphatic carbocycles. The van der Waals surface area contributed by atoms with Crippen LogP contribution in [0.15, 0.2) is 47.1 Å². The van der Waals surface area contributed by atoms with Gasteiger partial charge >= 0.3 is 0 Å². The Morgan fingerprint density at radius 3 is 2.79 bits per heavy atom. The van der Waals surface area contributed by atoms with Crippen molar-refractivity contribution in [1.29, 1.82) is 0 Å². The predicted molar refractivity (Wildman–Crippen MR) is 60.9 cm³/mol. The van der Waals surface area contributed by atoms with Gasteiger partial charge in [-0.15, -0.1) is 0 Å². The fourth-order valence-corrected chi connectivity index (χ4v) is 1.90.